The summed E-state index contributed by atoms with van der Waals surface area (Å²) in [5.74, 6) is 0.304. The Hall–Kier alpha value is -2.98. The van der Waals surface area contributed by atoms with Gasteiger partial charge >= 0.3 is 0 Å². The molecule has 1 N–H and O–H groups in total. The zero-order valence-corrected chi connectivity index (χ0v) is 15.9. The lowest BCUT2D eigenvalue weighted by atomic mass is 10.2. The SMILES string of the molecule is COc1ccc(C(=O)NCc2nnc3ccccn23)cc1S(=O)(=O)N(C)C. The van der Waals surface area contributed by atoms with Crippen molar-refractivity contribution in [3.63, 3.8) is 0 Å². The molecule has 0 bridgehead atoms. The summed E-state index contributed by atoms with van der Waals surface area (Å²) in [6.07, 6.45) is 1.80. The first-order valence-electron chi connectivity index (χ1n) is 8.02. The van der Waals surface area contributed by atoms with Crippen LogP contribution in [0.3, 0.4) is 0 Å². The fourth-order valence-electron chi connectivity index (χ4n) is 2.49. The second-order valence-electron chi connectivity index (χ2n) is 5.88. The van der Waals surface area contributed by atoms with Crippen LogP contribution in [0.25, 0.3) is 5.65 Å². The molecular weight excluding hydrogens is 370 g/mol. The molecule has 2 aromatic heterocycles. The fraction of sp³-hybridized carbons (Fsp3) is 0.235. The average molecular weight is 389 g/mol. The van der Waals surface area contributed by atoms with Gasteiger partial charge in [-0.15, -0.1) is 10.2 Å². The van der Waals surface area contributed by atoms with Crippen LogP contribution in [0.4, 0.5) is 0 Å². The predicted octanol–water partition coefficient (Wildman–Crippen LogP) is 0.918. The summed E-state index contributed by atoms with van der Waals surface area (Å²) in [6, 6.07) is 9.74. The van der Waals surface area contributed by atoms with Crippen molar-refractivity contribution in [1.29, 1.82) is 0 Å². The second kappa shape index (κ2) is 7.33. The van der Waals surface area contributed by atoms with E-state index in [2.05, 4.69) is 15.5 Å². The van der Waals surface area contributed by atoms with Crippen LogP contribution in [0, 0.1) is 0 Å². The molecule has 9 nitrogen and oxygen atoms in total. The van der Waals surface area contributed by atoms with Crippen molar-refractivity contribution in [2.24, 2.45) is 0 Å². The summed E-state index contributed by atoms with van der Waals surface area (Å²) in [6.45, 7) is 0.145. The maximum Gasteiger partial charge on any atom is 0.251 e. The molecule has 10 heteroatoms. The summed E-state index contributed by atoms with van der Waals surface area (Å²) >= 11 is 0. The maximum atomic E-state index is 12.5. The van der Waals surface area contributed by atoms with Gasteiger partial charge in [0.2, 0.25) is 10.0 Å². The number of amides is 1. The van der Waals surface area contributed by atoms with E-state index in [0.717, 1.165) is 4.31 Å². The number of benzene rings is 1. The van der Waals surface area contributed by atoms with Gasteiger partial charge in [-0.05, 0) is 30.3 Å². The van der Waals surface area contributed by atoms with E-state index >= 15 is 0 Å². The lowest BCUT2D eigenvalue weighted by molar-refractivity contribution is 0.0949. The smallest absolute Gasteiger partial charge is 0.251 e. The van der Waals surface area contributed by atoms with E-state index in [1.807, 2.05) is 12.1 Å². The molecule has 3 aromatic rings. The highest BCUT2D eigenvalue weighted by molar-refractivity contribution is 7.89. The van der Waals surface area contributed by atoms with E-state index in [-0.39, 0.29) is 22.8 Å². The largest absolute Gasteiger partial charge is 0.495 e. The molecule has 0 unspecified atom stereocenters. The third kappa shape index (κ3) is 3.62. The lowest BCUT2D eigenvalue weighted by Gasteiger charge is -2.15. The third-order valence-electron chi connectivity index (χ3n) is 3.98. The zero-order chi connectivity index (χ0) is 19.6. The summed E-state index contributed by atoms with van der Waals surface area (Å²) in [4.78, 5) is 12.4. The number of hydrogen-bond donors (Lipinski definition) is 1. The number of aromatic nitrogens is 3. The van der Waals surface area contributed by atoms with Crippen molar-refractivity contribution in [3.8, 4) is 5.75 Å². The highest BCUT2D eigenvalue weighted by Gasteiger charge is 2.24. The van der Waals surface area contributed by atoms with E-state index in [1.165, 1.54) is 39.4 Å². The molecule has 27 heavy (non-hydrogen) atoms. The molecule has 0 spiro atoms. The molecular formula is C17H19N5O4S. The number of ether oxygens (including phenoxy) is 1. The van der Waals surface area contributed by atoms with E-state index in [1.54, 1.807) is 16.7 Å². The molecule has 142 valence electrons. The topological polar surface area (TPSA) is 106 Å². The van der Waals surface area contributed by atoms with Gasteiger partial charge in [-0.3, -0.25) is 9.20 Å². The van der Waals surface area contributed by atoms with E-state index in [4.69, 9.17) is 4.74 Å². The number of carbonyl (C=O) groups is 1. The van der Waals surface area contributed by atoms with Gasteiger partial charge in [0.15, 0.2) is 11.5 Å². The first kappa shape index (κ1) is 18.8. The Kier molecular flexibility index (Phi) is 5.10. The minimum atomic E-state index is -3.76. The summed E-state index contributed by atoms with van der Waals surface area (Å²) in [5.41, 5.74) is 0.871. The van der Waals surface area contributed by atoms with Crippen LogP contribution >= 0.6 is 0 Å². The van der Waals surface area contributed by atoms with Gasteiger partial charge in [-0.2, -0.15) is 0 Å². The van der Waals surface area contributed by atoms with Gasteiger partial charge in [0.25, 0.3) is 5.91 Å². The van der Waals surface area contributed by atoms with Crippen molar-refractivity contribution in [1.82, 2.24) is 24.2 Å². The summed E-state index contributed by atoms with van der Waals surface area (Å²) in [7, 11) is 0.444. The molecule has 3 rings (SSSR count). The van der Waals surface area contributed by atoms with E-state index in [9.17, 15) is 13.2 Å². The van der Waals surface area contributed by atoms with Crippen molar-refractivity contribution in [2.45, 2.75) is 11.4 Å². The van der Waals surface area contributed by atoms with Crippen LogP contribution in [0.1, 0.15) is 16.2 Å². The van der Waals surface area contributed by atoms with Crippen molar-refractivity contribution in [3.05, 3.63) is 54.0 Å². The van der Waals surface area contributed by atoms with E-state index in [0.29, 0.717) is 11.5 Å². The number of rotatable bonds is 6. The highest BCUT2D eigenvalue weighted by Crippen LogP contribution is 2.26. The normalized spacial score (nSPS) is 11.7. The third-order valence-corrected chi connectivity index (χ3v) is 5.81. The minimum absolute atomic E-state index is 0.0735. The summed E-state index contributed by atoms with van der Waals surface area (Å²) in [5, 5.41) is 10.8. The van der Waals surface area contributed by atoms with Crippen LogP contribution < -0.4 is 10.1 Å². The maximum absolute atomic E-state index is 12.5. The highest BCUT2D eigenvalue weighted by atomic mass is 32.2. The molecule has 0 atom stereocenters. The Morgan fingerprint density at radius 1 is 1.22 bits per heavy atom. The zero-order valence-electron chi connectivity index (χ0n) is 15.1. The van der Waals surface area contributed by atoms with Crippen LogP contribution in [0.5, 0.6) is 5.75 Å². The fourth-order valence-corrected chi connectivity index (χ4v) is 3.56. The van der Waals surface area contributed by atoms with Crippen LogP contribution in [0.2, 0.25) is 0 Å². The van der Waals surface area contributed by atoms with Gasteiger partial charge in [-0.1, -0.05) is 6.07 Å². The van der Waals surface area contributed by atoms with Gasteiger partial charge in [0, 0.05) is 25.9 Å². The number of methoxy groups -OCH3 is 1. The molecule has 0 saturated heterocycles. The van der Waals surface area contributed by atoms with Gasteiger partial charge in [-0.25, -0.2) is 12.7 Å². The average Bonchev–Trinajstić information content (AvgIpc) is 3.08. The molecule has 2 heterocycles. The Morgan fingerprint density at radius 3 is 2.70 bits per heavy atom. The molecule has 0 radical (unpaired) electrons. The van der Waals surface area contributed by atoms with Gasteiger partial charge < -0.3 is 10.1 Å². The number of carbonyl (C=O) groups excluding carboxylic acids is 1. The Labute approximate surface area is 156 Å². The molecule has 0 aliphatic rings. The van der Waals surface area contributed by atoms with Crippen LogP contribution in [0.15, 0.2) is 47.5 Å². The van der Waals surface area contributed by atoms with Crippen molar-refractivity contribution in [2.75, 3.05) is 21.2 Å². The molecule has 0 saturated carbocycles. The number of hydrogen-bond acceptors (Lipinski definition) is 6. The molecule has 0 aliphatic heterocycles. The second-order valence-corrected chi connectivity index (χ2v) is 8.00. The first-order chi connectivity index (χ1) is 12.8. The Balaban J connectivity index is 1.85. The Bertz CT molecular complexity index is 1090. The molecule has 0 fully saturated rings. The quantitative estimate of drug-likeness (QED) is 0.672. The Morgan fingerprint density at radius 2 is 2.00 bits per heavy atom. The molecule has 1 aromatic carbocycles. The standard InChI is InChI=1S/C17H19N5O4S/c1-21(2)27(24,25)14-10-12(7-8-13(14)26-3)17(23)18-11-16-20-19-15-6-4-5-9-22(15)16/h4-10H,11H2,1-3H3,(H,18,23). The number of fused-ring (bicyclic) bond motifs is 1. The number of pyridine rings is 1. The first-order valence-corrected chi connectivity index (χ1v) is 9.46. The summed E-state index contributed by atoms with van der Waals surface area (Å²) < 4.78 is 32.9. The van der Waals surface area contributed by atoms with Gasteiger partial charge in [0.1, 0.15) is 10.6 Å². The lowest BCUT2D eigenvalue weighted by Crippen LogP contribution is -2.26. The number of sulfonamides is 1. The number of nitrogens with one attached hydrogen (secondary N) is 1. The van der Waals surface area contributed by atoms with E-state index < -0.39 is 15.9 Å². The number of nitrogens with zero attached hydrogens (tertiary/aromatic N) is 4. The van der Waals surface area contributed by atoms with Crippen LogP contribution in [-0.4, -0.2) is 54.4 Å². The van der Waals surface area contributed by atoms with Crippen molar-refractivity contribution < 1.29 is 17.9 Å². The predicted molar refractivity (Wildman–Crippen MR) is 98.0 cm³/mol. The van der Waals surface area contributed by atoms with Crippen LogP contribution in [-0.2, 0) is 16.6 Å². The monoisotopic (exact) mass is 389 g/mol. The molecule has 0 aliphatic carbocycles. The minimum Gasteiger partial charge on any atom is -0.495 e. The van der Waals surface area contributed by atoms with Gasteiger partial charge in [0.05, 0.1) is 13.7 Å². The molecule has 1 amide bonds. The van der Waals surface area contributed by atoms with Crippen molar-refractivity contribution >= 4 is 21.6 Å².